The Labute approximate surface area is 209 Å². The van der Waals surface area contributed by atoms with Crippen molar-refractivity contribution in [2.45, 2.75) is 32.4 Å². The van der Waals surface area contributed by atoms with Gasteiger partial charge in [-0.1, -0.05) is 35.9 Å². The van der Waals surface area contributed by atoms with E-state index >= 15 is 0 Å². The molecular weight excluding hydrogens is 470 g/mol. The number of hydrogen-bond acceptors (Lipinski definition) is 4. The van der Waals surface area contributed by atoms with Crippen molar-refractivity contribution in [2.75, 3.05) is 25.0 Å². The van der Waals surface area contributed by atoms with Crippen molar-refractivity contribution in [2.24, 2.45) is 0 Å². The van der Waals surface area contributed by atoms with Crippen molar-refractivity contribution in [1.82, 2.24) is 9.80 Å². The van der Waals surface area contributed by atoms with E-state index in [4.69, 9.17) is 16.3 Å². The number of thiophene rings is 1. The number of urea groups is 1. The molecule has 0 saturated heterocycles. The fourth-order valence-corrected chi connectivity index (χ4v) is 5.17. The second-order valence-corrected chi connectivity index (χ2v) is 9.88. The molecule has 178 valence electrons. The summed E-state index contributed by atoms with van der Waals surface area (Å²) < 4.78 is 6.05. The quantitative estimate of drug-likeness (QED) is 0.445. The van der Waals surface area contributed by atoms with Crippen LogP contribution in [0.15, 0.2) is 66.0 Å². The lowest BCUT2D eigenvalue weighted by molar-refractivity contribution is -0.135. The summed E-state index contributed by atoms with van der Waals surface area (Å²) in [6.45, 7) is 4.72. The fourth-order valence-electron chi connectivity index (χ4n) is 4.05. The van der Waals surface area contributed by atoms with Gasteiger partial charge < -0.3 is 19.9 Å². The van der Waals surface area contributed by atoms with Gasteiger partial charge in [0.15, 0.2) is 0 Å². The minimum absolute atomic E-state index is 0.0224. The highest BCUT2D eigenvalue weighted by molar-refractivity contribution is 7.10. The zero-order chi connectivity index (χ0) is 24.1. The van der Waals surface area contributed by atoms with Gasteiger partial charge in [-0.3, -0.25) is 4.79 Å². The van der Waals surface area contributed by atoms with Crippen LogP contribution in [0.1, 0.15) is 30.3 Å². The third kappa shape index (κ3) is 5.72. The Morgan fingerprint density at radius 1 is 1.18 bits per heavy atom. The van der Waals surface area contributed by atoms with E-state index in [-0.39, 0.29) is 30.6 Å². The van der Waals surface area contributed by atoms with Crippen LogP contribution in [-0.4, -0.2) is 47.5 Å². The van der Waals surface area contributed by atoms with E-state index in [1.807, 2.05) is 49.1 Å². The smallest absolute Gasteiger partial charge is 0.322 e. The van der Waals surface area contributed by atoms with Crippen LogP contribution < -0.4 is 10.1 Å². The molecule has 1 aliphatic rings. The van der Waals surface area contributed by atoms with E-state index in [1.54, 1.807) is 40.5 Å². The van der Waals surface area contributed by atoms with Crippen molar-refractivity contribution < 1.29 is 14.3 Å². The van der Waals surface area contributed by atoms with E-state index in [9.17, 15) is 9.59 Å². The lowest BCUT2D eigenvalue weighted by Crippen LogP contribution is -2.50. The summed E-state index contributed by atoms with van der Waals surface area (Å²) in [5.41, 5.74) is 1.71. The molecule has 4 rings (SSSR count). The minimum atomic E-state index is -0.337. The predicted octanol–water partition coefficient (Wildman–Crippen LogP) is 5.85. The molecule has 34 heavy (non-hydrogen) atoms. The monoisotopic (exact) mass is 497 g/mol. The van der Waals surface area contributed by atoms with Crippen LogP contribution in [0.2, 0.25) is 5.02 Å². The molecule has 0 aliphatic carbocycles. The van der Waals surface area contributed by atoms with E-state index in [1.165, 1.54) is 4.88 Å². The van der Waals surface area contributed by atoms with Crippen molar-refractivity contribution >= 4 is 40.6 Å². The molecular formula is C26H28ClN3O3S. The number of amides is 3. The number of halogens is 1. The Bertz CT molecular complexity index is 1140. The van der Waals surface area contributed by atoms with Crippen LogP contribution in [0.4, 0.5) is 10.5 Å². The molecule has 1 atom stereocenters. The standard InChI is InChI=1S/C26H28ClN3O3S/c1-18(2)30(26(32)28-20-8-6-7-19(27)15-20)16-25(31)29-13-11-24-22(12-14-34-24)23(29)17-33-21-9-4-3-5-10-21/h3-10,12,14-15,18,23H,11,13,16-17H2,1-2H3,(H,28,32)/t23-/m0/s1. The van der Waals surface area contributed by atoms with Gasteiger partial charge in [0.2, 0.25) is 5.91 Å². The number of hydrogen-bond donors (Lipinski definition) is 1. The van der Waals surface area contributed by atoms with Crippen LogP contribution in [0.3, 0.4) is 0 Å². The molecule has 2 aromatic carbocycles. The zero-order valence-corrected chi connectivity index (χ0v) is 20.8. The maximum Gasteiger partial charge on any atom is 0.322 e. The number of rotatable bonds is 7. The molecule has 3 amide bonds. The average molecular weight is 498 g/mol. The van der Waals surface area contributed by atoms with Gasteiger partial charge in [-0.2, -0.15) is 0 Å². The summed E-state index contributed by atoms with van der Waals surface area (Å²) in [7, 11) is 0. The SMILES string of the molecule is CC(C)N(CC(=O)N1CCc2sccc2[C@@H]1COc1ccccc1)C(=O)Nc1cccc(Cl)c1. The number of carbonyl (C=O) groups excluding carboxylic acids is 2. The lowest BCUT2D eigenvalue weighted by Gasteiger charge is -2.37. The summed E-state index contributed by atoms with van der Waals surface area (Å²) in [6, 6.07) is 17.9. The number of nitrogens with one attached hydrogen (secondary N) is 1. The number of carbonyl (C=O) groups is 2. The molecule has 1 aliphatic heterocycles. The fraction of sp³-hybridized carbons (Fsp3) is 0.308. The highest BCUT2D eigenvalue weighted by atomic mass is 35.5. The van der Waals surface area contributed by atoms with Crippen LogP contribution in [0.25, 0.3) is 0 Å². The molecule has 2 heterocycles. The van der Waals surface area contributed by atoms with Gasteiger partial charge >= 0.3 is 6.03 Å². The number of para-hydroxylation sites is 1. The van der Waals surface area contributed by atoms with Gasteiger partial charge in [-0.15, -0.1) is 11.3 Å². The Hall–Kier alpha value is -3.03. The highest BCUT2D eigenvalue weighted by Crippen LogP contribution is 2.34. The van der Waals surface area contributed by atoms with Gasteiger partial charge in [0.25, 0.3) is 0 Å². The Morgan fingerprint density at radius 2 is 1.97 bits per heavy atom. The predicted molar refractivity (Wildman–Crippen MR) is 137 cm³/mol. The number of fused-ring (bicyclic) bond motifs is 1. The van der Waals surface area contributed by atoms with E-state index in [2.05, 4.69) is 16.8 Å². The molecule has 0 unspecified atom stereocenters. The number of ether oxygens (including phenoxy) is 1. The van der Waals surface area contributed by atoms with Crippen molar-refractivity contribution in [3.8, 4) is 5.75 Å². The first-order valence-electron chi connectivity index (χ1n) is 11.3. The molecule has 3 aromatic rings. The normalized spacial score (nSPS) is 15.1. The van der Waals surface area contributed by atoms with Gasteiger partial charge in [0.05, 0.1) is 6.04 Å². The van der Waals surface area contributed by atoms with Gasteiger partial charge in [-0.25, -0.2) is 4.79 Å². The van der Waals surface area contributed by atoms with E-state index < -0.39 is 0 Å². The Morgan fingerprint density at radius 3 is 2.71 bits per heavy atom. The van der Waals surface area contributed by atoms with Crippen LogP contribution in [0, 0.1) is 0 Å². The van der Waals surface area contributed by atoms with E-state index in [0.717, 1.165) is 17.7 Å². The highest BCUT2D eigenvalue weighted by Gasteiger charge is 2.34. The summed E-state index contributed by atoms with van der Waals surface area (Å²) in [5.74, 6) is 0.662. The topological polar surface area (TPSA) is 61.9 Å². The molecule has 0 spiro atoms. The third-order valence-electron chi connectivity index (χ3n) is 5.83. The minimum Gasteiger partial charge on any atom is -0.491 e. The first-order chi connectivity index (χ1) is 16.4. The first kappa shape index (κ1) is 24.1. The van der Waals surface area contributed by atoms with Gasteiger partial charge in [0.1, 0.15) is 18.9 Å². The molecule has 0 fully saturated rings. The molecule has 0 saturated carbocycles. The largest absolute Gasteiger partial charge is 0.491 e. The maximum atomic E-state index is 13.5. The molecule has 6 nitrogen and oxygen atoms in total. The first-order valence-corrected chi connectivity index (χ1v) is 12.5. The Kier molecular flexibility index (Phi) is 7.75. The molecule has 1 aromatic heterocycles. The van der Waals surface area contributed by atoms with Gasteiger partial charge in [-0.05, 0) is 67.6 Å². The molecule has 8 heteroatoms. The summed E-state index contributed by atoms with van der Waals surface area (Å²) in [6.07, 6.45) is 0.803. The van der Waals surface area contributed by atoms with Crippen molar-refractivity contribution in [1.29, 1.82) is 0 Å². The number of anilines is 1. The van der Waals surface area contributed by atoms with E-state index in [0.29, 0.717) is 23.9 Å². The summed E-state index contributed by atoms with van der Waals surface area (Å²) in [4.78, 5) is 31.2. The van der Waals surface area contributed by atoms with Gasteiger partial charge in [0, 0.05) is 28.2 Å². The Balaban J connectivity index is 1.48. The second-order valence-electron chi connectivity index (χ2n) is 8.44. The van der Waals surface area contributed by atoms with Crippen molar-refractivity contribution in [3.63, 3.8) is 0 Å². The summed E-state index contributed by atoms with van der Waals surface area (Å²) >= 11 is 7.75. The van der Waals surface area contributed by atoms with Crippen LogP contribution >= 0.6 is 22.9 Å². The molecule has 0 bridgehead atoms. The zero-order valence-electron chi connectivity index (χ0n) is 19.2. The van der Waals surface area contributed by atoms with Crippen LogP contribution in [0.5, 0.6) is 5.75 Å². The maximum absolute atomic E-state index is 13.5. The third-order valence-corrected chi connectivity index (χ3v) is 7.06. The number of nitrogens with zero attached hydrogens (tertiary/aromatic N) is 2. The molecule has 1 N–H and O–H groups in total. The summed E-state index contributed by atoms with van der Waals surface area (Å²) in [5, 5.41) is 5.45. The number of benzene rings is 2. The van der Waals surface area contributed by atoms with Crippen LogP contribution in [-0.2, 0) is 11.2 Å². The van der Waals surface area contributed by atoms with Crippen molar-refractivity contribution in [3.05, 3.63) is 81.5 Å². The average Bonchev–Trinajstić information content (AvgIpc) is 3.30. The molecule has 0 radical (unpaired) electrons. The lowest BCUT2D eigenvalue weighted by atomic mass is 10.0. The second kappa shape index (κ2) is 10.9.